The van der Waals surface area contributed by atoms with Crippen LogP contribution in [0.3, 0.4) is 0 Å². The molecular formula is C29H28N4O5. The number of anilines is 1. The van der Waals surface area contributed by atoms with E-state index < -0.39 is 17.6 Å². The highest BCUT2D eigenvalue weighted by Gasteiger charge is 2.52. The summed E-state index contributed by atoms with van der Waals surface area (Å²) in [4.78, 5) is 33.1. The van der Waals surface area contributed by atoms with Crippen molar-refractivity contribution in [3.05, 3.63) is 84.1 Å². The van der Waals surface area contributed by atoms with Gasteiger partial charge in [0.2, 0.25) is 0 Å². The molecule has 2 aromatic carbocycles. The number of ether oxygens (including phenoxy) is 2. The van der Waals surface area contributed by atoms with E-state index in [0.29, 0.717) is 29.4 Å². The second-order valence-electron chi connectivity index (χ2n) is 9.23. The van der Waals surface area contributed by atoms with E-state index in [1.807, 2.05) is 55.5 Å². The molecule has 1 unspecified atom stereocenters. The van der Waals surface area contributed by atoms with Crippen LogP contribution in [-0.4, -0.2) is 33.8 Å². The number of nitrogens with zero attached hydrogens (tertiary/aromatic N) is 3. The van der Waals surface area contributed by atoms with Crippen LogP contribution < -0.4 is 5.32 Å². The molecule has 1 amide bonds. The van der Waals surface area contributed by atoms with Crippen molar-refractivity contribution in [3.63, 3.8) is 0 Å². The Morgan fingerprint density at radius 1 is 1.03 bits per heavy atom. The predicted molar refractivity (Wildman–Crippen MR) is 140 cm³/mol. The van der Waals surface area contributed by atoms with Gasteiger partial charge < -0.3 is 14.0 Å². The topological polar surface area (TPSA) is 116 Å². The number of carbonyl (C=O) groups is 2. The normalized spacial score (nSPS) is 14.4. The monoisotopic (exact) mass is 512 g/mol. The molecule has 0 aliphatic heterocycles. The number of amides is 1. The van der Waals surface area contributed by atoms with Crippen molar-refractivity contribution in [2.45, 2.75) is 45.1 Å². The Labute approximate surface area is 220 Å². The van der Waals surface area contributed by atoms with Crippen molar-refractivity contribution in [1.82, 2.24) is 15.1 Å². The van der Waals surface area contributed by atoms with Crippen LogP contribution in [0.5, 0.6) is 0 Å². The lowest BCUT2D eigenvalue weighted by molar-refractivity contribution is -0.146. The number of aromatic nitrogens is 3. The Bertz CT molecular complexity index is 1430. The van der Waals surface area contributed by atoms with E-state index in [1.54, 1.807) is 32.4 Å². The van der Waals surface area contributed by atoms with Crippen molar-refractivity contribution in [2.24, 2.45) is 0 Å². The summed E-state index contributed by atoms with van der Waals surface area (Å²) < 4.78 is 16.3. The van der Waals surface area contributed by atoms with Gasteiger partial charge in [-0.05, 0) is 50.3 Å². The van der Waals surface area contributed by atoms with Gasteiger partial charge in [0.25, 0.3) is 0 Å². The molecule has 1 aliphatic rings. The Balaban J connectivity index is 1.29. The smallest absolute Gasteiger partial charge is 0.412 e. The molecule has 1 atom stereocenters. The summed E-state index contributed by atoms with van der Waals surface area (Å²) in [5.74, 6) is 0.287. The second-order valence-corrected chi connectivity index (χ2v) is 9.23. The average molecular weight is 513 g/mol. The second kappa shape index (κ2) is 10.5. The van der Waals surface area contributed by atoms with Gasteiger partial charge in [-0.1, -0.05) is 53.7 Å². The molecule has 4 aromatic rings. The summed E-state index contributed by atoms with van der Waals surface area (Å²) in [6, 6.07) is 15.8. The van der Waals surface area contributed by atoms with Gasteiger partial charge in [0.1, 0.15) is 17.5 Å². The van der Waals surface area contributed by atoms with Crippen LogP contribution in [0.4, 0.5) is 10.5 Å². The summed E-state index contributed by atoms with van der Waals surface area (Å²) >= 11 is 0. The van der Waals surface area contributed by atoms with E-state index in [1.165, 1.54) is 0 Å². The fourth-order valence-electron chi connectivity index (χ4n) is 4.39. The molecule has 0 spiro atoms. The van der Waals surface area contributed by atoms with Gasteiger partial charge in [0.05, 0.1) is 23.9 Å². The lowest BCUT2D eigenvalue weighted by Gasteiger charge is -2.15. The maximum Gasteiger partial charge on any atom is 0.412 e. The number of esters is 1. The maximum absolute atomic E-state index is 12.6. The molecule has 1 N–H and O–H groups in total. The van der Waals surface area contributed by atoms with Crippen molar-refractivity contribution in [3.8, 4) is 22.5 Å². The number of nitrogens with one attached hydrogen (secondary N) is 1. The van der Waals surface area contributed by atoms with Gasteiger partial charge in [-0.3, -0.25) is 20.1 Å². The third kappa shape index (κ3) is 5.00. The largest absolute Gasteiger partial charge is 0.465 e. The first-order valence-corrected chi connectivity index (χ1v) is 12.5. The zero-order chi connectivity index (χ0) is 26.7. The van der Waals surface area contributed by atoms with Gasteiger partial charge in [0.15, 0.2) is 5.76 Å². The molecule has 0 radical (unpaired) electrons. The van der Waals surface area contributed by atoms with Crippen molar-refractivity contribution < 1.29 is 23.6 Å². The quantitative estimate of drug-likeness (QED) is 0.285. The maximum atomic E-state index is 12.6. The Hall–Kier alpha value is -4.53. The fraction of sp³-hybridized carbons (Fsp3) is 0.276. The van der Waals surface area contributed by atoms with Gasteiger partial charge in [-0.25, -0.2) is 4.79 Å². The van der Waals surface area contributed by atoms with Crippen LogP contribution in [-0.2, 0) is 19.7 Å². The van der Waals surface area contributed by atoms with E-state index in [4.69, 9.17) is 14.0 Å². The number of hydrogen-bond acceptors (Lipinski definition) is 8. The Kier molecular flexibility index (Phi) is 6.91. The summed E-state index contributed by atoms with van der Waals surface area (Å²) in [5, 5.41) is 6.77. The van der Waals surface area contributed by atoms with Gasteiger partial charge >= 0.3 is 12.1 Å². The molecule has 0 bridgehead atoms. The highest BCUT2D eigenvalue weighted by atomic mass is 16.6. The number of aryl methyl sites for hydroxylation is 1. The SMILES string of the molecule is CCOC(=O)C1(c2ccc(-c3ccc(-c4onc(C)c4NC(=O)OC(C)c4cnccn4)cc3)cc2)CC1. The highest BCUT2D eigenvalue weighted by molar-refractivity contribution is 5.91. The van der Waals surface area contributed by atoms with E-state index >= 15 is 0 Å². The van der Waals surface area contributed by atoms with Crippen LogP contribution in [0.1, 0.15) is 49.7 Å². The van der Waals surface area contributed by atoms with Crippen molar-refractivity contribution in [2.75, 3.05) is 11.9 Å². The molecule has 194 valence electrons. The summed E-state index contributed by atoms with van der Waals surface area (Å²) in [7, 11) is 0. The minimum absolute atomic E-state index is 0.143. The average Bonchev–Trinajstić information content (AvgIpc) is 3.68. The molecule has 2 heterocycles. The predicted octanol–water partition coefficient (Wildman–Crippen LogP) is 6.01. The zero-order valence-electron chi connectivity index (χ0n) is 21.4. The molecule has 0 saturated heterocycles. The van der Waals surface area contributed by atoms with Crippen LogP contribution in [0, 0.1) is 6.92 Å². The minimum atomic E-state index is -0.649. The van der Waals surface area contributed by atoms with E-state index in [9.17, 15) is 9.59 Å². The van der Waals surface area contributed by atoms with Crippen LogP contribution >= 0.6 is 0 Å². The van der Waals surface area contributed by atoms with Gasteiger partial charge in [-0.2, -0.15) is 0 Å². The Morgan fingerprint density at radius 3 is 2.29 bits per heavy atom. The molecule has 1 aliphatic carbocycles. The first-order chi connectivity index (χ1) is 18.4. The molecule has 9 heteroatoms. The number of carbonyl (C=O) groups excluding carboxylic acids is 2. The lowest BCUT2D eigenvalue weighted by Crippen LogP contribution is -2.23. The molecule has 1 fully saturated rings. The van der Waals surface area contributed by atoms with E-state index in [-0.39, 0.29) is 5.97 Å². The van der Waals surface area contributed by atoms with Crippen LogP contribution in [0.15, 0.2) is 71.6 Å². The fourth-order valence-corrected chi connectivity index (χ4v) is 4.39. The summed E-state index contributed by atoms with van der Waals surface area (Å²) in [6.45, 7) is 5.68. The zero-order valence-corrected chi connectivity index (χ0v) is 21.4. The standard InChI is InChI=1S/C29H28N4O5/c1-4-36-27(34)29(13-14-29)23-11-9-21(10-12-23)20-5-7-22(8-6-20)26-25(18(2)33-38-26)32-28(35)37-19(3)24-17-30-15-16-31-24/h5-12,15-17,19H,4,13-14H2,1-3H3,(H,32,35). The summed E-state index contributed by atoms with van der Waals surface area (Å²) in [6.07, 6.45) is 5.06. The van der Waals surface area contributed by atoms with Crippen LogP contribution in [0.2, 0.25) is 0 Å². The molecule has 2 aromatic heterocycles. The first kappa shape index (κ1) is 25.1. The number of hydrogen-bond donors (Lipinski definition) is 1. The van der Waals surface area contributed by atoms with Gasteiger partial charge in [-0.15, -0.1) is 0 Å². The third-order valence-electron chi connectivity index (χ3n) is 6.71. The molecule has 38 heavy (non-hydrogen) atoms. The van der Waals surface area contributed by atoms with Crippen molar-refractivity contribution >= 4 is 17.7 Å². The molecule has 9 nitrogen and oxygen atoms in total. The van der Waals surface area contributed by atoms with E-state index in [0.717, 1.165) is 35.1 Å². The Morgan fingerprint density at radius 2 is 1.68 bits per heavy atom. The van der Waals surface area contributed by atoms with E-state index in [2.05, 4.69) is 20.4 Å². The minimum Gasteiger partial charge on any atom is -0.465 e. The molecule has 1 saturated carbocycles. The highest BCUT2D eigenvalue weighted by Crippen LogP contribution is 2.49. The number of benzene rings is 2. The lowest BCUT2D eigenvalue weighted by atomic mass is 9.93. The first-order valence-electron chi connectivity index (χ1n) is 12.5. The molecule has 5 rings (SSSR count). The van der Waals surface area contributed by atoms with Crippen molar-refractivity contribution in [1.29, 1.82) is 0 Å². The third-order valence-corrected chi connectivity index (χ3v) is 6.71. The molecular weight excluding hydrogens is 484 g/mol. The summed E-state index contributed by atoms with van der Waals surface area (Å²) in [5.41, 5.74) is 4.79. The van der Waals surface area contributed by atoms with Gasteiger partial charge in [0, 0.05) is 18.0 Å². The number of rotatable bonds is 8. The van der Waals surface area contributed by atoms with Crippen LogP contribution in [0.25, 0.3) is 22.5 Å².